The highest BCUT2D eigenvalue weighted by Gasteiger charge is 2.27. The fourth-order valence-electron chi connectivity index (χ4n) is 2.03. The molecule has 0 atom stereocenters. The lowest BCUT2D eigenvalue weighted by atomic mass is 10.1. The van der Waals surface area contributed by atoms with Crippen LogP contribution in [0.25, 0.3) is 10.3 Å². The molecule has 3 aromatic heterocycles. The number of nitrogens with zero attached hydrogens (tertiary/aromatic N) is 3. The number of hydrogen-bond donors (Lipinski definition) is 2. The summed E-state index contributed by atoms with van der Waals surface area (Å²) in [5.74, 6) is -1.43. The van der Waals surface area contributed by atoms with E-state index in [4.69, 9.17) is 4.42 Å². The Hall–Kier alpha value is -2.68. The van der Waals surface area contributed by atoms with Gasteiger partial charge in [0.05, 0.1) is 11.8 Å². The minimum absolute atomic E-state index is 0.0778. The average molecular weight is 334 g/mol. The zero-order valence-electron chi connectivity index (χ0n) is 12.7. The molecule has 2 N–H and O–H groups in total. The van der Waals surface area contributed by atoms with Crippen molar-refractivity contribution in [1.82, 2.24) is 14.8 Å². The highest BCUT2D eigenvalue weighted by Crippen LogP contribution is 2.32. The molecule has 0 aliphatic rings. The number of rotatable bonds is 3. The van der Waals surface area contributed by atoms with Crippen LogP contribution in [0.1, 0.15) is 41.8 Å². The summed E-state index contributed by atoms with van der Waals surface area (Å²) in [6.07, 6.45) is 1.40. The molecule has 0 aromatic carbocycles. The highest BCUT2D eigenvalue weighted by molar-refractivity contribution is 7.22. The molecular weight excluding hydrogens is 320 g/mol. The van der Waals surface area contributed by atoms with Crippen molar-refractivity contribution < 1.29 is 19.1 Å². The Bertz CT molecular complexity index is 886. The summed E-state index contributed by atoms with van der Waals surface area (Å²) in [7, 11) is 0. The number of carboxylic acid groups (broad SMARTS) is 1. The number of aromatic carboxylic acids is 1. The largest absolute Gasteiger partial charge is 0.476 e. The molecule has 9 heteroatoms. The molecule has 0 aliphatic carbocycles. The number of carbonyl (C=O) groups excluding carboxylic acids is 1. The van der Waals surface area contributed by atoms with E-state index in [1.54, 1.807) is 10.7 Å². The number of fused-ring (bicyclic) bond motifs is 1. The van der Waals surface area contributed by atoms with Crippen molar-refractivity contribution in [3.05, 3.63) is 29.9 Å². The molecule has 0 radical (unpaired) electrons. The van der Waals surface area contributed by atoms with E-state index >= 15 is 0 Å². The summed E-state index contributed by atoms with van der Waals surface area (Å²) in [5, 5.41) is 16.3. The predicted molar refractivity (Wildman–Crippen MR) is 84.0 cm³/mol. The molecule has 3 aromatic rings. The molecule has 120 valence electrons. The van der Waals surface area contributed by atoms with Gasteiger partial charge in [0.25, 0.3) is 5.91 Å². The van der Waals surface area contributed by atoms with Crippen molar-refractivity contribution in [2.45, 2.75) is 26.3 Å². The first-order chi connectivity index (χ1) is 10.8. The number of nitrogens with one attached hydrogen (secondary N) is 1. The van der Waals surface area contributed by atoms with Crippen LogP contribution in [0.3, 0.4) is 0 Å². The van der Waals surface area contributed by atoms with E-state index in [0.29, 0.717) is 15.5 Å². The summed E-state index contributed by atoms with van der Waals surface area (Å²) in [6.45, 7) is 5.68. The maximum absolute atomic E-state index is 12.0. The zero-order valence-corrected chi connectivity index (χ0v) is 13.5. The van der Waals surface area contributed by atoms with Crippen molar-refractivity contribution in [2.24, 2.45) is 0 Å². The summed E-state index contributed by atoms with van der Waals surface area (Å²) < 4.78 is 6.98. The van der Waals surface area contributed by atoms with E-state index in [9.17, 15) is 14.7 Å². The normalized spacial score (nSPS) is 11.8. The number of furan rings is 1. The molecule has 23 heavy (non-hydrogen) atoms. The van der Waals surface area contributed by atoms with Gasteiger partial charge in [-0.25, -0.2) is 9.48 Å². The summed E-state index contributed by atoms with van der Waals surface area (Å²) >= 11 is 1.07. The van der Waals surface area contributed by atoms with Crippen molar-refractivity contribution >= 4 is 38.7 Å². The molecular formula is C14H14N4O4S. The fourth-order valence-corrected chi connectivity index (χ4v) is 2.95. The topological polar surface area (TPSA) is 110 Å². The molecule has 3 rings (SSSR count). The monoisotopic (exact) mass is 334 g/mol. The molecule has 0 saturated carbocycles. The Labute approximate surface area is 134 Å². The second-order valence-corrected chi connectivity index (χ2v) is 6.84. The Morgan fingerprint density at radius 2 is 2.13 bits per heavy atom. The van der Waals surface area contributed by atoms with Crippen LogP contribution in [0, 0.1) is 0 Å². The number of aromatic nitrogens is 3. The van der Waals surface area contributed by atoms with Crippen molar-refractivity contribution in [3.8, 4) is 0 Å². The maximum atomic E-state index is 12.0. The number of thiazole rings is 1. The van der Waals surface area contributed by atoms with Crippen LogP contribution in [0.5, 0.6) is 0 Å². The Kier molecular flexibility index (Phi) is 3.44. The van der Waals surface area contributed by atoms with Crippen molar-refractivity contribution in [3.63, 3.8) is 0 Å². The summed E-state index contributed by atoms with van der Waals surface area (Å²) in [4.78, 5) is 27.7. The van der Waals surface area contributed by atoms with E-state index < -0.39 is 17.4 Å². The van der Waals surface area contributed by atoms with Crippen LogP contribution in [-0.4, -0.2) is 31.7 Å². The van der Waals surface area contributed by atoms with Crippen LogP contribution in [0.2, 0.25) is 0 Å². The second-order valence-electron chi connectivity index (χ2n) is 5.84. The van der Waals surface area contributed by atoms with Gasteiger partial charge in [-0.05, 0) is 32.9 Å². The zero-order chi connectivity index (χ0) is 16.8. The quantitative estimate of drug-likeness (QED) is 0.762. The Morgan fingerprint density at radius 1 is 1.39 bits per heavy atom. The van der Waals surface area contributed by atoms with E-state index in [-0.39, 0.29) is 11.5 Å². The molecule has 1 amide bonds. The van der Waals surface area contributed by atoms with E-state index in [2.05, 4.69) is 15.4 Å². The van der Waals surface area contributed by atoms with Crippen LogP contribution < -0.4 is 5.32 Å². The Balaban J connectivity index is 2.04. The van der Waals surface area contributed by atoms with Gasteiger partial charge in [-0.3, -0.25) is 10.1 Å². The first-order valence-corrected chi connectivity index (χ1v) is 7.57. The maximum Gasteiger partial charge on any atom is 0.357 e. The van der Waals surface area contributed by atoms with Gasteiger partial charge < -0.3 is 9.52 Å². The third-order valence-corrected chi connectivity index (χ3v) is 4.00. The van der Waals surface area contributed by atoms with Gasteiger partial charge in [-0.1, -0.05) is 11.3 Å². The van der Waals surface area contributed by atoms with Crippen LogP contribution in [-0.2, 0) is 5.54 Å². The first-order valence-electron chi connectivity index (χ1n) is 6.75. The number of anilines is 1. The van der Waals surface area contributed by atoms with Crippen molar-refractivity contribution in [1.29, 1.82) is 0 Å². The van der Waals surface area contributed by atoms with Gasteiger partial charge in [-0.15, -0.1) is 0 Å². The van der Waals surface area contributed by atoms with E-state index in [0.717, 1.165) is 11.3 Å². The van der Waals surface area contributed by atoms with Crippen LogP contribution in [0.15, 0.2) is 22.8 Å². The van der Waals surface area contributed by atoms with E-state index in [1.165, 1.54) is 12.3 Å². The molecule has 0 spiro atoms. The van der Waals surface area contributed by atoms with Crippen LogP contribution >= 0.6 is 11.3 Å². The standard InChI is InChI=1S/C14H14N4O4S/c1-14(2,3)18-10-9(8(17-18)12(20)21)23-13(15-10)16-11(19)7-5-4-6-22-7/h4-6H,1-3H3,(H,20,21)(H,15,16,19). The predicted octanol–water partition coefficient (Wildman–Crippen LogP) is 2.79. The van der Waals surface area contributed by atoms with Gasteiger partial charge in [0.15, 0.2) is 22.2 Å². The first kappa shape index (κ1) is 15.2. The SMILES string of the molecule is CC(C)(C)n1nc(C(=O)O)c2sc(NC(=O)c3ccco3)nc21. The van der Waals surface area contributed by atoms with Gasteiger partial charge in [0.1, 0.15) is 4.70 Å². The highest BCUT2D eigenvalue weighted by atomic mass is 32.1. The number of hydrogen-bond acceptors (Lipinski definition) is 6. The molecule has 0 aliphatic heterocycles. The number of carbonyl (C=O) groups is 2. The molecule has 0 fully saturated rings. The third kappa shape index (κ3) is 2.70. The van der Waals surface area contributed by atoms with Gasteiger partial charge >= 0.3 is 5.97 Å². The van der Waals surface area contributed by atoms with Crippen LogP contribution in [0.4, 0.5) is 5.13 Å². The number of amides is 1. The minimum atomic E-state index is -1.13. The molecule has 8 nitrogen and oxygen atoms in total. The van der Waals surface area contributed by atoms with Gasteiger partial charge in [-0.2, -0.15) is 10.1 Å². The summed E-state index contributed by atoms with van der Waals surface area (Å²) in [5.41, 5.74) is -0.0944. The second kappa shape index (κ2) is 5.20. The lowest BCUT2D eigenvalue weighted by Gasteiger charge is -2.19. The fraction of sp³-hybridized carbons (Fsp3) is 0.286. The smallest absolute Gasteiger partial charge is 0.357 e. The summed E-state index contributed by atoms with van der Waals surface area (Å²) in [6, 6.07) is 3.13. The Morgan fingerprint density at radius 3 is 2.70 bits per heavy atom. The molecule has 0 bridgehead atoms. The van der Waals surface area contributed by atoms with Gasteiger partial charge in [0, 0.05) is 0 Å². The lowest BCUT2D eigenvalue weighted by molar-refractivity contribution is 0.0690. The molecule has 0 saturated heterocycles. The van der Waals surface area contributed by atoms with E-state index in [1.807, 2.05) is 20.8 Å². The number of carboxylic acids is 1. The van der Waals surface area contributed by atoms with Crippen molar-refractivity contribution in [2.75, 3.05) is 5.32 Å². The third-order valence-electron chi connectivity index (χ3n) is 3.03. The minimum Gasteiger partial charge on any atom is -0.476 e. The lowest BCUT2D eigenvalue weighted by Crippen LogP contribution is -2.23. The molecule has 3 heterocycles. The van der Waals surface area contributed by atoms with Gasteiger partial charge in [0.2, 0.25) is 0 Å². The average Bonchev–Trinajstić information content (AvgIpc) is 3.11. The molecule has 0 unspecified atom stereocenters.